The minimum absolute atomic E-state index is 0.0497. The van der Waals surface area contributed by atoms with Gasteiger partial charge in [-0.25, -0.2) is 0 Å². The summed E-state index contributed by atoms with van der Waals surface area (Å²) in [4.78, 5) is 10.5. The summed E-state index contributed by atoms with van der Waals surface area (Å²) in [7, 11) is 0.678. The van der Waals surface area contributed by atoms with Crippen LogP contribution in [-0.2, 0) is 11.2 Å². The average molecular weight is 209 g/mol. The van der Waals surface area contributed by atoms with E-state index in [1.807, 2.05) is 30.3 Å². The smallest absolute Gasteiger partial charge is 0.304 e. The summed E-state index contributed by atoms with van der Waals surface area (Å²) >= 11 is 0. The Balaban J connectivity index is 2.63. The normalized spacial score (nSPS) is 14.9. The van der Waals surface area contributed by atoms with Crippen molar-refractivity contribution in [1.29, 1.82) is 0 Å². The van der Waals surface area contributed by atoms with Crippen molar-refractivity contribution in [3.8, 4) is 0 Å². The van der Waals surface area contributed by atoms with E-state index in [1.54, 1.807) is 0 Å². The maximum atomic E-state index is 10.5. The first-order chi connectivity index (χ1) is 6.49. The van der Waals surface area contributed by atoms with Crippen molar-refractivity contribution in [2.24, 2.45) is 5.73 Å². The first kappa shape index (κ1) is 10.9. The average Bonchev–Trinajstić information content (AvgIpc) is 2.02. The van der Waals surface area contributed by atoms with Gasteiger partial charge < -0.3 is 10.8 Å². The number of carboxylic acids is 1. The Kier molecular flexibility index (Phi) is 3.43. The molecule has 1 unspecified atom stereocenters. The molecule has 0 aliphatic heterocycles. The van der Waals surface area contributed by atoms with Crippen molar-refractivity contribution in [2.75, 3.05) is 0 Å². The second-order valence-electron chi connectivity index (χ2n) is 3.89. The van der Waals surface area contributed by atoms with E-state index in [-0.39, 0.29) is 6.42 Å². The van der Waals surface area contributed by atoms with Crippen molar-refractivity contribution in [1.82, 2.24) is 0 Å². The van der Waals surface area contributed by atoms with Gasteiger partial charge in [0.05, 0.1) is 6.42 Å². The van der Waals surface area contributed by atoms with E-state index in [9.17, 15) is 4.79 Å². The molecule has 1 aromatic rings. The number of hydrogen-bond acceptors (Lipinski definition) is 2. The summed E-state index contributed by atoms with van der Waals surface area (Å²) in [6, 6.07) is 9.76. The highest BCUT2D eigenvalue weighted by molar-refractivity contribution is 6.16. The Morgan fingerprint density at radius 3 is 2.50 bits per heavy atom. The zero-order valence-corrected chi connectivity index (χ0v) is 10.2. The Hall–Kier alpha value is -1.13. The molecule has 0 amide bonds. The van der Waals surface area contributed by atoms with Crippen molar-refractivity contribution < 1.29 is 9.90 Å². The van der Waals surface area contributed by atoms with Gasteiger partial charge in [-0.1, -0.05) is 30.3 Å². The SMILES string of the molecule is NC([SiH3])(CC(=O)O)Cc1ccccc1. The van der Waals surface area contributed by atoms with Crippen LogP contribution < -0.4 is 5.73 Å². The zero-order chi connectivity index (χ0) is 10.6. The third kappa shape index (κ3) is 3.72. The molecule has 4 heteroatoms. The summed E-state index contributed by atoms with van der Waals surface area (Å²) in [5, 5.41) is 8.13. The van der Waals surface area contributed by atoms with Gasteiger partial charge in [0.15, 0.2) is 0 Å². The Morgan fingerprint density at radius 2 is 2.00 bits per heavy atom. The largest absolute Gasteiger partial charge is 0.481 e. The van der Waals surface area contributed by atoms with Crippen LogP contribution in [0.2, 0.25) is 0 Å². The molecule has 0 saturated heterocycles. The first-order valence-electron chi connectivity index (χ1n) is 4.54. The van der Waals surface area contributed by atoms with Gasteiger partial charge in [0.25, 0.3) is 0 Å². The summed E-state index contributed by atoms with van der Waals surface area (Å²) in [5.74, 6) is -0.821. The van der Waals surface area contributed by atoms with Crippen LogP contribution in [0.3, 0.4) is 0 Å². The quantitative estimate of drug-likeness (QED) is 0.671. The maximum Gasteiger partial charge on any atom is 0.304 e. The molecule has 3 N–H and O–H groups in total. The molecular weight excluding hydrogens is 194 g/mol. The van der Waals surface area contributed by atoms with Crippen LogP contribution in [-0.4, -0.2) is 26.5 Å². The molecule has 0 bridgehead atoms. The fourth-order valence-electron chi connectivity index (χ4n) is 1.47. The molecule has 1 atom stereocenters. The molecule has 0 aliphatic carbocycles. The number of hydrogen-bond donors (Lipinski definition) is 2. The molecule has 3 nitrogen and oxygen atoms in total. The van der Waals surface area contributed by atoms with Gasteiger partial charge in [0.1, 0.15) is 0 Å². The maximum absolute atomic E-state index is 10.5. The molecule has 14 heavy (non-hydrogen) atoms. The number of rotatable bonds is 4. The molecule has 0 aromatic heterocycles. The summed E-state index contributed by atoms with van der Waals surface area (Å²) in [5.41, 5.74) is 7.03. The minimum Gasteiger partial charge on any atom is -0.481 e. The Morgan fingerprint density at radius 1 is 1.43 bits per heavy atom. The lowest BCUT2D eigenvalue weighted by Crippen LogP contribution is -2.44. The lowest BCUT2D eigenvalue weighted by Gasteiger charge is -2.22. The molecule has 0 saturated carbocycles. The van der Waals surface area contributed by atoms with Gasteiger partial charge in [0.2, 0.25) is 0 Å². The predicted octanol–water partition coefficient (Wildman–Crippen LogP) is -0.276. The fraction of sp³-hybridized carbons (Fsp3) is 0.300. The Labute approximate surface area is 86.4 Å². The van der Waals surface area contributed by atoms with Crippen LogP contribution in [0, 0.1) is 0 Å². The van der Waals surface area contributed by atoms with Gasteiger partial charge in [-0.05, 0) is 12.0 Å². The van der Waals surface area contributed by atoms with Crippen LogP contribution in [0.25, 0.3) is 0 Å². The zero-order valence-electron chi connectivity index (χ0n) is 8.23. The van der Waals surface area contributed by atoms with E-state index >= 15 is 0 Å². The standard InChI is InChI=1S/C10H15NO2Si/c11-10(14,7-9(12)13)6-8-4-2-1-3-5-8/h1-5H,6-7,11H2,14H3,(H,12,13). The third-order valence-corrected chi connectivity index (χ3v) is 2.71. The van der Waals surface area contributed by atoms with Gasteiger partial charge >= 0.3 is 5.97 Å². The molecule has 0 radical (unpaired) electrons. The van der Waals surface area contributed by atoms with Crippen LogP contribution in [0.15, 0.2) is 30.3 Å². The van der Waals surface area contributed by atoms with Gasteiger partial charge in [0, 0.05) is 15.4 Å². The van der Waals surface area contributed by atoms with Crippen molar-refractivity contribution in [3.05, 3.63) is 35.9 Å². The lowest BCUT2D eigenvalue weighted by molar-refractivity contribution is -0.137. The predicted molar refractivity (Wildman–Crippen MR) is 59.3 cm³/mol. The van der Waals surface area contributed by atoms with Crippen molar-refractivity contribution in [3.63, 3.8) is 0 Å². The van der Waals surface area contributed by atoms with Crippen LogP contribution in [0.5, 0.6) is 0 Å². The van der Waals surface area contributed by atoms with Gasteiger partial charge in [-0.3, -0.25) is 4.79 Å². The van der Waals surface area contributed by atoms with Crippen molar-refractivity contribution >= 4 is 16.2 Å². The highest BCUT2D eigenvalue weighted by Crippen LogP contribution is 2.11. The molecule has 1 aromatic carbocycles. The van der Waals surface area contributed by atoms with E-state index in [0.29, 0.717) is 16.7 Å². The third-order valence-electron chi connectivity index (χ3n) is 2.01. The van der Waals surface area contributed by atoms with Crippen LogP contribution in [0.1, 0.15) is 12.0 Å². The molecule has 0 spiro atoms. The van der Waals surface area contributed by atoms with Crippen molar-refractivity contribution in [2.45, 2.75) is 18.0 Å². The monoisotopic (exact) mass is 209 g/mol. The fourth-order valence-corrected chi connectivity index (χ4v) is 2.18. The summed E-state index contributed by atoms with van der Waals surface area (Å²) < 4.78 is 0. The van der Waals surface area contributed by atoms with Crippen LogP contribution >= 0.6 is 0 Å². The minimum atomic E-state index is -0.821. The van der Waals surface area contributed by atoms with Gasteiger partial charge in [-0.2, -0.15) is 0 Å². The number of aliphatic carboxylic acids is 1. The summed E-state index contributed by atoms with van der Waals surface area (Å²) in [6.07, 6.45) is 0.695. The number of carbonyl (C=O) groups is 1. The topological polar surface area (TPSA) is 63.3 Å². The van der Waals surface area contributed by atoms with E-state index in [4.69, 9.17) is 10.8 Å². The second-order valence-corrected chi connectivity index (χ2v) is 5.88. The van der Waals surface area contributed by atoms with E-state index in [1.165, 1.54) is 0 Å². The lowest BCUT2D eigenvalue weighted by atomic mass is 10.0. The molecule has 0 aliphatic rings. The first-order valence-corrected chi connectivity index (χ1v) is 5.54. The number of benzene rings is 1. The Bertz CT molecular complexity index is 311. The highest BCUT2D eigenvalue weighted by atomic mass is 28.1. The molecule has 0 fully saturated rings. The van der Waals surface area contributed by atoms with E-state index < -0.39 is 11.1 Å². The molecular formula is C10H15NO2Si. The highest BCUT2D eigenvalue weighted by Gasteiger charge is 2.22. The number of nitrogens with two attached hydrogens (primary N) is 1. The number of carboxylic acid groups (broad SMARTS) is 1. The van der Waals surface area contributed by atoms with E-state index in [0.717, 1.165) is 5.56 Å². The van der Waals surface area contributed by atoms with Crippen LogP contribution in [0.4, 0.5) is 0 Å². The molecule has 1 rings (SSSR count). The van der Waals surface area contributed by atoms with E-state index in [2.05, 4.69) is 0 Å². The summed E-state index contributed by atoms with van der Waals surface area (Å²) in [6.45, 7) is 0. The van der Waals surface area contributed by atoms with Gasteiger partial charge in [-0.15, -0.1) is 0 Å². The second kappa shape index (κ2) is 4.39. The molecule has 0 heterocycles. The molecule has 76 valence electrons.